The average molecular weight is 284 g/mol. The summed E-state index contributed by atoms with van der Waals surface area (Å²) in [5.74, 6) is 0. The fraction of sp³-hybridized carbons (Fsp3) is 0.571. The van der Waals surface area contributed by atoms with Crippen molar-refractivity contribution in [2.75, 3.05) is 11.3 Å². The minimum absolute atomic E-state index is 0.274. The lowest BCUT2D eigenvalue weighted by Gasteiger charge is -2.15. The molecule has 0 bridgehead atoms. The number of hydrogen-bond donors (Lipinski definition) is 2. The van der Waals surface area contributed by atoms with Crippen LogP contribution in [0.5, 0.6) is 0 Å². The average Bonchev–Trinajstić information content (AvgIpc) is 2.36. The van der Waals surface area contributed by atoms with Crippen LogP contribution in [0.15, 0.2) is 24.3 Å². The van der Waals surface area contributed by atoms with Crippen molar-refractivity contribution < 1.29 is 8.42 Å². The first kappa shape index (κ1) is 16.0. The molecule has 0 aliphatic carbocycles. The molecule has 0 amide bonds. The summed E-state index contributed by atoms with van der Waals surface area (Å²) in [6.45, 7) is 8.52. The molecule has 4 nitrogen and oxygen atoms in total. The smallest absolute Gasteiger partial charge is 0.235 e. The van der Waals surface area contributed by atoms with E-state index >= 15 is 0 Å². The molecule has 1 rings (SSSR count). The summed E-state index contributed by atoms with van der Waals surface area (Å²) in [4.78, 5) is 0. The Morgan fingerprint density at radius 3 is 2.16 bits per heavy atom. The predicted octanol–water partition coefficient (Wildman–Crippen LogP) is 2.90. The van der Waals surface area contributed by atoms with E-state index in [1.165, 1.54) is 0 Å². The molecule has 0 heterocycles. The molecule has 108 valence electrons. The van der Waals surface area contributed by atoms with Gasteiger partial charge in [-0.1, -0.05) is 19.1 Å². The van der Waals surface area contributed by atoms with Crippen molar-refractivity contribution in [3.63, 3.8) is 0 Å². The largest absolute Gasteiger partial charge is 0.310 e. The normalized spacial score (nSPS) is 13.5. The van der Waals surface area contributed by atoms with E-state index in [0.717, 1.165) is 18.5 Å². The van der Waals surface area contributed by atoms with Crippen LogP contribution in [0.3, 0.4) is 0 Å². The van der Waals surface area contributed by atoms with Gasteiger partial charge in [0.2, 0.25) is 10.0 Å². The van der Waals surface area contributed by atoms with E-state index in [0.29, 0.717) is 5.69 Å². The summed E-state index contributed by atoms with van der Waals surface area (Å²) < 4.78 is 26.1. The maximum Gasteiger partial charge on any atom is 0.235 e. The van der Waals surface area contributed by atoms with Gasteiger partial charge in [-0.15, -0.1) is 0 Å². The summed E-state index contributed by atoms with van der Waals surface area (Å²) in [6.07, 6.45) is 1.09. The second-order valence-corrected chi connectivity index (χ2v) is 7.23. The van der Waals surface area contributed by atoms with Crippen molar-refractivity contribution in [2.45, 2.75) is 45.4 Å². The van der Waals surface area contributed by atoms with Gasteiger partial charge in [0.25, 0.3) is 0 Å². The molecule has 0 aromatic heterocycles. The molecule has 0 saturated carbocycles. The summed E-state index contributed by atoms with van der Waals surface area (Å²) in [6, 6.07) is 7.78. The Hall–Kier alpha value is -1.07. The zero-order chi connectivity index (χ0) is 14.5. The van der Waals surface area contributed by atoms with E-state index in [-0.39, 0.29) is 6.04 Å². The molecule has 0 saturated heterocycles. The highest BCUT2D eigenvalue weighted by molar-refractivity contribution is 7.93. The van der Waals surface area contributed by atoms with Crippen LogP contribution in [0.1, 0.15) is 45.7 Å². The van der Waals surface area contributed by atoms with Gasteiger partial charge < -0.3 is 5.32 Å². The zero-order valence-corrected chi connectivity index (χ0v) is 12.9. The van der Waals surface area contributed by atoms with E-state index in [1.54, 1.807) is 26.0 Å². The molecule has 5 heteroatoms. The Balaban J connectivity index is 2.72. The summed E-state index contributed by atoms with van der Waals surface area (Å²) >= 11 is 0. The highest BCUT2D eigenvalue weighted by Crippen LogP contribution is 2.17. The van der Waals surface area contributed by atoms with Gasteiger partial charge in [-0.3, -0.25) is 4.72 Å². The lowest BCUT2D eigenvalue weighted by Crippen LogP contribution is -2.22. The molecule has 0 aliphatic rings. The Bertz CT molecular complexity index is 481. The van der Waals surface area contributed by atoms with Crippen molar-refractivity contribution >= 4 is 15.7 Å². The maximum atomic E-state index is 11.7. The van der Waals surface area contributed by atoms with Crippen molar-refractivity contribution in [3.8, 4) is 0 Å². The lowest BCUT2D eigenvalue weighted by molar-refractivity contribution is 0.571. The van der Waals surface area contributed by atoms with Gasteiger partial charge >= 0.3 is 0 Å². The van der Waals surface area contributed by atoms with Gasteiger partial charge in [0.15, 0.2) is 0 Å². The molecular formula is C14H24N2O2S. The van der Waals surface area contributed by atoms with Crippen LogP contribution in [0.25, 0.3) is 0 Å². The van der Waals surface area contributed by atoms with E-state index in [9.17, 15) is 8.42 Å². The molecule has 0 spiro atoms. The minimum Gasteiger partial charge on any atom is -0.310 e. The van der Waals surface area contributed by atoms with Crippen LogP contribution in [0.2, 0.25) is 0 Å². The molecule has 0 aliphatic heterocycles. The highest BCUT2D eigenvalue weighted by Gasteiger charge is 2.15. The Morgan fingerprint density at radius 1 is 1.11 bits per heavy atom. The molecule has 1 unspecified atom stereocenters. The number of hydrogen-bond acceptors (Lipinski definition) is 3. The number of benzene rings is 1. The van der Waals surface area contributed by atoms with Gasteiger partial charge in [-0.25, -0.2) is 8.42 Å². The summed E-state index contributed by atoms with van der Waals surface area (Å²) in [5.41, 5.74) is 1.76. The Morgan fingerprint density at radius 2 is 1.68 bits per heavy atom. The molecule has 19 heavy (non-hydrogen) atoms. The summed E-state index contributed by atoms with van der Waals surface area (Å²) in [5, 5.41) is 2.96. The first-order valence-corrected chi connectivity index (χ1v) is 8.26. The molecule has 2 N–H and O–H groups in total. The lowest BCUT2D eigenvalue weighted by atomic mass is 10.1. The second kappa shape index (κ2) is 6.91. The number of rotatable bonds is 7. The van der Waals surface area contributed by atoms with Crippen LogP contribution >= 0.6 is 0 Å². The monoisotopic (exact) mass is 284 g/mol. The van der Waals surface area contributed by atoms with Gasteiger partial charge in [-0.05, 0) is 51.4 Å². The van der Waals surface area contributed by atoms with E-state index < -0.39 is 15.3 Å². The van der Waals surface area contributed by atoms with Crippen LogP contribution in [0, 0.1) is 0 Å². The third-order valence-corrected chi connectivity index (χ3v) is 4.75. The van der Waals surface area contributed by atoms with Crippen molar-refractivity contribution in [2.24, 2.45) is 0 Å². The van der Waals surface area contributed by atoms with Crippen LogP contribution < -0.4 is 10.0 Å². The van der Waals surface area contributed by atoms with E-state index in [4.69, 9.17) is 0 Å². The third kappa shape index (κ3) is 4.84. The Labute approximate surface area is 116 Å². The van der Waals surface area contributed by atoms with Crippen LogP contribution in [0.4, 0.5) is 5.69 Å². The molecule has 1 aromatic carbocycles. The van der Waals surface area contributed by atoms with Gasteiger partial charge in [0.1, 0.15) is 0 Å². The Kier molecular flexibility index (Phi) is 5.82. The highest BCUT2D eigenvalue weighted by atomic mass is 32.2. The standard InChI is InChI=1S/C14H24N2O2S/c1-5-10-15-12(4)13-6-8-14(9-7-13)16-19(17,18)11(2)3/h6-9,11-12,15-16H,5,10H2,1-4H3. The fourth-order valence-corrected chi connectivity index (χ4v) is 2.30. The molecule has 1 aromatic rings. The van der Waals surface area contributed by atoms with Crippen molar-refractivity contribution in [1.82, 2.24) is 5.32 Å². The molecule has 0 fully saturated rings. The zero-order valence-electron chi connectivity index (χ0n) is 12.1. The SMILES string of the molecule is CCCNC(C)c1ccc(NS(=O)(=O)C(C)C)cc1. The number of sulfonamides is 1. The first-order chi connectivity index (χ1) is 8.86. The van der Waals surface area contributed by atoms with Crippen LogP contribution in [-0.4, -0.2) is 20.2 Å². The second-order valence-electron chi connectivity index (χ2n) is 4.99. The third-order valence-electron chi connectivity index (χ3n) is 2.99. The van der Waals surface area contributed by atoms with E-state index in [2.05, 4.69) is 23.9 Å². The minimum atomic E-state index is -3.26. The van der Waals surface area contributed by atoms with Crippen molar-refractivity contribution in [3.05, 3.63) is 29.8 Å². The van der Waals surface area contributed by atoms with Gasteiger partial charge in [0, 0.05) is 11.7 Å². The van der Waals surface area contributed by atoms with Crippen LogP contribution in [-0.2, 0) is 10.0 Å². The van der Waals surface area contributed by atoms with E-state index in [1.807, 2.05) is 12.1 Å². The van der Waals surface area contributed by atoms with Crippen molar-refractivity contribution in [1.29, 1.82) is 0 Å². The molecular weight excluding hydrogens is 260 g/mol. The molecule has 0 radical (unpaired) electrons. The topological polar surface area (TPSA) is 58.2 Å². The number of nitrogens with one attached hydrogen (secondary N) is 2. The predicted molar refractivity (Wildman–Crippen MR) is 80.8 cm³/mol. The van der Waals surface area contributed by atoms with Gasteiger partial charge in [-0.2, -0.15) is 0 Å². The quantitative estimate of drug-likeness (QED) is 0.809. The molecule has 1 atom stereocenters. The summed E-state index contributed by atoms with van der Waals surface area (Å²) in [7, 11) is -3.26. The number of anilines is 1. The first-order valence-electron chi connectivity index (χ1n) is 6.71. The van der Waals surface area contributed by atoms with Gasteiger partial charge in [0.05, 0.1) is 5.25 Å². The fourth-order valence-electron chi connectivity index (χ4n) is 1.60. The maximum absolute atomic E-state index is 11.7.